The van der Waals surface area contributed by atoms with Gasteiger partial charge in [0.05, 0.1) is 11.4 Å². The minimum atomic E-state index is 0.388. The van der Waals surface area contributed by atoms with Crippen molar-refractivity contribution in [2.75, 3.05) is 44.3 Å². The minimum absolute atomic E-state index is 0.388. The topological polar surface area (TPSA) is 58.8 Å². The van der Waals surface area contributed by atoms with E-state index in [2.05, 4.69) is 45.0 Å². The number of ether oxygens (including phenoxy) is 1. The molecule has 0 unspecified atom stereocenters. The first-order valence-electron chi connectivity index (χ1n) is 9.00. The molecule has 2 aromatic rings. The second-order valence-electron chi connectivity index (χ2n) is 7.07. The van der Waals surface area contributed by atoms with Gasteiger partial charge in [-0.2, -0.15) is 9.61 Å². The Morgan fingerprint density at radius 2 is 1.88 bits per heavy atom. The number of anilines is 1. The normalized spacial score (nSPS) is 21.0. The Labute approximate surface area is 142 Å². The lowest BCUT2D eigenvalue weighted by molar-refractivity contribution is 0.0321. The van der Waals surface area contributed by atoms with Crippen LogP contribution in [0.1, 0.15) is 38.3 Å². The van der Waals surface area contributed by atoms with E-state index in [9.17, 15) is 0 Å². The molecule has 7 nitrogen and oxygen atoms in total. The molecular weight excluding hydrogens is 304 g/mol. The van der Waals surface area contributed by atoms with E-state index in [1.807, 2.05) is 4.52 Å². The number of fused-ring (bicyclic) bond motifs is 1. The van der Waals surface area contributed by atoms with E-state index in [0.29, 0.717) is 12.0 Å². The van der Waals surface area contributed by atoms with Crippen LogP contribution in [-0.2, 0) is 4.74 Å². The van der Waals surface area contributed by atoms with Gasteiger partial charge < -0.3 is 9.64 Å². The van der Waals surface area contributed by atoms with Gasteiger partial charge in [-0.1, -0.05) is 13.8 Å². The highest BCUT2D eigenvalue weighted by atomic mass is 16.5. The maximum atomic E-state index is 5.49. The van der Waals surface area contributed by atoms with Crippen molar-refractivity contribution in [2.24, 2.45) is 0 Å². The standard InChI is InChI=1S/C17H26N6O/c1-13(2)15-11-16(17-19-18-12-23(17)20-15)22-7-5-21(6-8-22)14-3-9-24-10-4-14/h11-14H,3-10H2,1-2H3. The van der Waals surface area contributed by atoms with E-state index in [1.165, 1.54) is 12.8 Å². The molecule has 0 bridgehead atoms. The zero-order valence-corrected chi connectivity index (χ0v) is 14.6. The van der Waals surface area contributed by atoms with E-state index < -0.39 is 0 Å². The molecule has 0 saturated carbocycles. The van der Waals surface area contributed by atoms with Crippen molar-refractivity contribution in [3.63, 3.8) is 0 Å². The Morgan fingerprint density at radius 1 is 1.12 bits per heavy atom. The first-order chi connectivity index (χ1) is 11.7. The average Bonchev–Trinajstić information content (AvgIpc) is 3.10. The van der Waals surface area contributed by atoms with Crippen molar-refractivity contribution >= 4 is 11.3 Å². The molecule has 130 valence electrons. The molecule has 0 radical (unpaired) electrons. The summed E-state index contributed by atoms with van der Waals surface area (Å²) >= 11 is 0. The fourth-order valence-corrected chi connectivity index (χ4v) is 3.72. The number of nitrogens with zero attached hydrogens (tertiary/aromatic N) is 6. The zero-order valence-electron chi connectivity index (χ0n) is 14.6. The molecule has 0 aliphatic carbocycles. The summed E-state index contributed by atoms with van der Waals surface area (Å²) in [5, 5.41) is 12.9. The summed E-state index contributed by atoms with van der Waals surface area (Å²) < 4.78 is 7.31. The highest BCUT2D eigenvalue weighted by Crippen LogP contribution is 2.26. The SMILES string of the molecule is CC(C)c1cc(N2CCN(C3CCOCC3)CC2)c2nncn2n1. The van der Waals surface area contributed by atoms with E-state index in [1.54, 1.807) is 6.33 Å². The first-order valence-corrected chi connectivity index (χ1v) is 9.00. The summed E-state index contributed by atoms with van der Waals surface area (Å²) in [5.74, 6) is 0.388. The Balaban J connectivity index is 1.52. The monoisotopic (exact) mass is 330 g/mol. The smallest absolute Gasteiger partial charge is 0.200 e. The van der Waals surface area contributed by atoms with Crippen molar-refractivity contribution in [3.05, 3.63) is 18.1 Å². The predicted octanol–water partition coefficient (Wildman–Crippen LogP) is 1.55. The van der Waals surface area contributed by atoms with Crippen LogP contribution in [0, 0.1) is 0 Å². The van der Waals surface area contributed by atoms with Crippen molar-refractivity contribution < 1.29 is 4.74 Å². The first kappa shape index (κ1) is 15.8. The van der Waals surface area contributed by atoms with Gasteiger partial charge in [-0.3, -0.25) is 4.90 Å². The number of hydrogen-bond donors (Lipinski definition) is 0. The maximum absolute atomic E-state index is 5.49. The molecule has 2 saturated heterocycles. The van der Waals surface area contributed by atoms with Gasteiger partial charge in [0.15, 0.2) is 0 Å². The van der Waals surface area contributed by atoms with Crippen LogP contribution in [0.15, 0.2) is 12.4 Å². The lowest BCUT2D eigenvalue weighted by atomic mass is 10.1. The third-order valence-corrected chi connectivity index (χ3v) is 5.22. The molecule has 0 amide bonds. The summed E-state index contributed by atoms with van der Waals surface area (Å²) in [5.41, 5.74) is 3.11. The molecule has 0 aromatic carbocycles. The third-order valence-electron chi connectivity index (χ3n) is 5.22. The highest BCUT2D eigenvalue weighted by molar-refractivity contribution is 5.68. The van der Waals surface area contributed by atoms with Gasteiger partial charge in [-0.25, -0.2) is 0 Å². The maximum Gasteiger partial charge on any atom is 0.200 e. The van der Waals surface area contributed by atoms with E-state index >= 15 is 0 Å². The largest absolute Gasteiger partial charge is 0.381 e. The zero-order chi connectivity index (χ0) is 16.5. The molecule has 2 aromatic heterocycles. The predicted molar refractivity (Wildman–Crippen MR) is 92.5 cm³/mol. The van der Waals surface area contributed by atoms with Gasteiger partial charge in [0.25, 0.3) is 0 Å². The van der Waals surface area contributed by atoms with Crippen LogP contribution in [0.4, 0.5) is 5.69 Å². The molecule has 0 atom stereocenters. The molecule has 4 heterocycles. The van der Waals surface area contributed by atoms with Gasteiger partial charge in [0.1, 0.15) is 6.33 Å². The summed E-state index contributed by atoms with van der Waals surface area (Å²) in [6.45, 7) is 10.4. The van der Waals surface area contributed by atoms with Crippen molar-refractivity contribution in [3.8, 4) is 0 Å². The van der Waals surface area contributed by atoms with E-state index in [-0.39, 0.29) is 0 Å². The van der Waals surface area contributed by atoms with Crippen LogP contribution in [-0.4, -0.2) is 70.1 Å². The average molecular weight is 330 g/mol. The molecule has 7 heteroatoms. The Kier molecular flexibility index (Phi) is 4.37. The molecule has 2 aliphatic rings. The van der Waals surface area contributed by atoms with Crippen molar-refractivity contribution in [2.45, 2.75) is 38.6 Å². The highest BCUT2D eigenvalue weighted by Gasteiger charge is 2.27. The summed E-state index contributed by atoms with van der Waals surface area (Å²) in [6.07, 6.45) is 4.03. The van der Waals surface area contributed by atoms with Crippen molar-refractivity contribution in [1.29, 1.82) is 0 Å². The summed E-state index contributed by atoms with van der Waals surface area (Å²) in [6, 6.07) is 2.89. The lowest BCUT2D eigenvalue weighted by Crippen LogP contribution is -2.51. The van der Waals surface area contributed by atoms with Crippen LogP contribution in [0.3, 0.4) is 0 Å². The summed E-state index contributed by atoms with van der Waals surface area (Å²) in [7, 11) is 0. The van der Waals surface area contributed by atoms with E-state index in [0.717, 1.165) is 56.4 Å². The van der Waals surface area contributed by atoms with Gasteiger partial charge in [-0.15, -0.1) is 10.2 Å². The molecule has 0 N–H and O–H groups in total. The number of hydrogen-bond acceptors (Lipinski definition) is 6. The third kappa shape index (κ3) is 2.98. The molecule has 24 heavy (non-hydrogen) atoms. The molecule has 4 rings (SSSR count). The molecule has 2 fully saturated rings. The second-order valence-corrected chi connectivity index (χ2v) is 7.07. The van der Waals surface area contributed by atoms with Crippen LogP contribution in [0.2, 0.25) is 0 Å². The molecule has 2 aliphatic heterocycles. The van der Waals surface area contributed by atoms with Gasteiger partial charge >= 0.3 is 0 Å². The van der Waals surface area contributed by atoms with Crippen LogP contribution >= 0.6 is 0 Å². The fourth-order valence-electron chi connectivity index (χ4n) is 3.72. The quantitative estimate of drug-likeness (QED) is 0.851. The number of rotatable bonds is 3. The van der Waals surface area contributed by atoms with Gasteiger partial charge in [0.2, 0.25) is 5.65 Å². The molecule has 0 spiro atoms. The van der Waals surface area contributed by atoms with Gasteiger partial charge in [0, 0.05) is 45.4 Å². The lowest BCUT2D eigenvalue weighted by Gasteiger charge is -2.41. The Bertz CT molecular complexity index is 685. The number of aromatic nitrogens is 4. The van der Waals surface area contributed by atoms with Crippen LogP contribution < -0.4 is 4.90 Å². The summed E-state index contributed by atoms with van der Waals surface area (Å²) in [4.78, 5) is 5.07. The second kappa shape index (κ2) is 6.64. The Morgan fingerprint density at radius 3 is 2.58 bits per heavy atom. The van der Waals surface area contributed by atoms with Crippen molar-refractivity contribution in [1.82, 2.24) is 24.7 Å². The Hall–Kier alpha value is -1.73. The minimum Gasteiger partial charge on any atom is -0.381 e. The molecular formula is C17H26N6O. The van der Waals surface area contributed by atoms with Gasteiger partial charge in [-0.05, 0) is 24.8 Å². The van der Waals surface area contributed by atoms with Crippen LogP contribution in [0.5, 0.6) is 0 Å². The fraction of sp³-hybridized carbons (Fsp3) is 0.706. The van der Waals surface area contributed by atoms with E-state index in [4.69, 9.17) is 4.74 Å². The van der Waals surface area contributed by atoms with Crippen LogP contribution in [0.25, 0.3) is 5.65 Å². The number of piperazine rings is 1.